The molecule has 0 aliphatic heterocycles. The molecule has 0 atom stereocenters. The van der Waals surface area contributed by atoms with Gasteiger partial charge < -0.3 is 0 Å². The Bertz CT molecular complexity index is 792. The van der Waals surface area contributed by atoms with E-state index in [-0.39, 0.29) is 0 Å². The monoisotopic (exact) mass is 321 g/mol. The maximum atomic E-state index is 12.4. The van der Waals surface area contributed by atoms with E-state index in [9.17, 15) is 8.42 Å². The van der Waals surface area contributed by atoms with E-state index in [4.69, 9.17) is 0 Å². The molecule has 1 N–H and O–H groups in total. The van der Waals surface area contributed by atoms with Crippen LogP contribution in [0.3, 0.4) is 0 Å². The molecule has 1 heterocycles. The highest BCUT2D eigenvalue weighted by molar-refractivity contribution is 7.89. The Labute approximate surface area is 132 Å². The molecular weight excluding hydrogens is 298 g/mol. The lowest BCUT2D eigenvalue weighted by Crippen LogP contribution is -2.28. The summed E-state index contributed by atoms with van der Waals surface area (Å²) in [5.41, 5.74) is 5.01. The van der Waals surface area contributed by atoms with E-state index < -0.39 is 10.0 Å². The van der Waals surface area contributed by atoms with Crippen LogP contribution in [0.5, 0.6) is 0 Å². The lowest BCUT2D eigenvalue weighted by atomic mass is 10.2. The van der Waals surface area contributed by atoms with Gasteiger partial charge >= 0.3 is 0 Å². The Hall–Kier alpha value is -1.66. The van der Waals surface area contributed by atoms with E-state index in [0.29, 0.717) is 18.0 Å². The third-order valence-electron chi connectivity index (χ3n) is 3.98. The van der Waals surface area contributed by atoms with E-state index >= 15 is 0 Å². The molecule has 120 valence electrons. The molecule has 2 aromatic rings. The van der Waals surface area contributed by atoms with Gasteiger partial charge in [-0.3, -0.25) is 4.68 Å². The topological polar surface area (TPSA) is 64.0 Å². The number of nitrogens with zero attached hydrogens (tertiary/aromatic N) is 2. The summed E-state index contributed by atoms with van der Waals surface area (Å²) >= 11 is 0. The van der Waals surface area contributed by atoms with Gasteiger partial charge in [0.25, 0.3) is 0 Å². The maximum absolute atomic E-state index is 12.4. The van der Waals surface area contributed by atoms with E-state index in [2.05, 4.69) is 9.82 Å². The van der Waals surface area contributed by atoms with Gasteiger partial charge in [-0.15, -0.1) is 0 Å². The summed E-state index contributed by atoms with van der Waals surface area (Å²) in [6, 6.07) is 5.34. The number of aryl methyl sites for hydroxylation is 3. The van der Waals surface area contributed by atoms with Gasteiger partial charge in [0.2, 0.25) is 10.0 Å². The summed E-state index contributed by atoms with van der Waals surface area (Å²) in [7, 11) is -3.49. The molecule has 0 bridgehead atoms. The second-order valence-electron chi connectivity index (χ2n) is 5.69. The highest BCUT2D eigenvalue weighted by Gasteiger charge is 2.16. The second-order valence-corrected chi connectivity index (χ2v) is 7.42. The lowest BCUT2D eigenvalue weighted by Gasteiger charge is -2.10. The number of hydrogen-bond donors (Lipinski definition) is 1. The zero-order chi connectivity index (χ0) is 16.5. The first-order valence-electron chi connectivity index (χ1n) is 7.30. The molecule has 0 fully saturated rings. The molecule has 2 rings (SSSR count). The van der Waals surface area contributed by atoms with Crippen LogP contribution in [-0.4, -0.2) is 24.7 Å². The van der Waals surface area contributed by atoms with Crippen molar-refractivity contribution in [3.8, 4) is 0 Å². The van der Waals surface area contributed by atoms with Gasteiger partial charge in [-0.25, -0.2) is 13.1 Å². The maximum Gasteiger partial charge on any atom is 0.240 e. The quantitative estimate of drug-likeness (QED) is 0.920. The number of rotatable bonds is 5. The smallest absolute Gasteiger partial charge is 0.240 e. The van der Waals surface area contributed by atoms with Crippen molar-refractivity contribution in [3.63, 3.8) is 0 Å². The molecule has 1 aromatic heterocycles. The van der Waals surface area contributed by atoms with Crippen LogP contribution in [0.25, 0.3) is 0 Å². The number of sulfonamides is 1. The van der Waals surface area contributed by atoms with Crippen LogP contribution < -0.4 is 4.72 Å². The Morgan fingerprint density at radius 3 is 2.36 bits per heavy atom. The molecule has 0 radical (unpaired) electrons. The molecule has 0 aliphatic rings. The van der Waals surface area contributed by atoms with E-state index in [1.165, 1.54) is 0 Å². The number of nitrogens with one attached hydrogen (secondary N) is 1. The summed E-state index contributed by atoms with van der Waals surface area (Å²) < 4.78 is 29.2. The van der Waals surface area contributed by atoms with Gasteiger partial charge in [-0.2, -0.15) is 5.10 Å². The van der Waals surface area contributed by atoms with Crippen LogP contribution in [0, 0.1) is 34.6 Å². The van der Waals surface area contributed by atoms with Crippen molar-refractivity contribution in [2.45, 2.75) is 46.1 Å². The fourth-order valence-electron chi connectivity index (χ4n) is 2.47. The summed E-state index contributed by atoms with van der Waals surface area (Å²) in [6.07, 6.45) is 0. The van der Waals surface area contributed by atoms with E-state index in [1.807, 2.05) is 51.4 Å². The average Bonchev–Trinajstić information content (AvgIpc) is 2.66. The van der Waals surface area contributed by atoms with Crippen molar-refractivity contribution in [1.29, 1.82) is 0 Å². The third kappa shape index (κ3) is 3.39. The van der Waals surface area contributed by atoms with Crippen LogP contribution in [-0.2, 0) is 16.6 Å². The summed E-state index contributed by atoms with van der Waals surface area (Å²) in [6.45, 7) is 10.6. The molecule has 5 nitrogen and oxygen atoms in total. The number of benzene rings is 1. The van der Waals surface area contributed by atoms with Crippen molar-refractivity contribution in [3.05, 3.63) is 46.3 Å². The van der Waals surface area contributed by atoms with Crippen LogP contribution in [0.4, 0.5) is 0 Å². The van der Waals surface area contributed by atoms with Gasteiger partial charge in [0.15, 0.2) is 0 Å². The number of aromatic nitrogens is 2. The summed E-state index contributed by atoms with van der Waals surface area (Å²) in [4.78, 5) is 0.336. The van der Waals surface area contributed by atoms with Crippen LogP contribution in [0.2, 0.25) is 0 Å². The highest BCUT2D eigenvalue weighted by atomic mass is 32.2. The Kier molecular flexibility index (Phi) is 4.72. The van der Waals surface area contributed by atoms with Gasteiger partial charge in [-0.1, -0.05) is 17.7 Å². The fraction of sp³-hybridized carbons (Fsp3) is 0.438. The Morgan fingerprint density at radius 1 is 1.14 bits per heavy atom. The minimum atomic E-state index is -3.49. The molecule has 0 saturated carbocycles. The van der Waals surface area contributed by atoms with Gasteiger partial charge in [0, 0.05) is 12.2 Å². The van der Waals surface area contributed by atoms with Crippen molar-refractivity contribution in [2.24, 2.45) is 0 Å². The first-order chi connectivity index (χ1) is 10.2. The zero-order valence-corrected chi connectivity index (χ0v) is 14.6. The molecule has 0 aliphatic carbocycles. The first-order valence-corrected chi connectivity index (χ1v) is 8.78. The van der Waals surface area contributed by atoms with Crippen LogP contribution >= 0.6 is 0 Å². The Morgan fingerprint density at radius 2 is 1.82 bits per heavy atom. The SMILES string of the molecule is Cc1ccc(S(=O)(=O)NCCn2nc(C)c(C)c2C)c(C)c1. The molecule has 6 heteroatoms. The molecular formula is C16H23N3O2S. The first kappa shape index (κ1) is 16.7. The van der Waals surface area contributed by atoms with Crippen molar-refractivity contribution < 1.29 is 8.42 Å². The predicted octanol–water partition coefficient (Wildman–Crippen LogP) is 2.40. The molecule has 22 heavy (non-hydrogen) atoms. The number of hydrogen-bond acceptors (Lipinski definition) is 3. The van der Waals surface area contributed by atoms with Gasteiger partial charge in [-0.05, 0) is 51.8 Å². The predicted molar refractivity (Wildman–Crippen MR) is 87.5 cm³/mol. The normalized spacial score (nSPS) is 11.9. The van der Waals surface area contributed by atoms with Crippen molar-refractivity contribution in [2.75, 3.05) is 6.54 Å². The van der Waals surface area contributed by atoms with Crippen LogP contribution in [0.1, 0.15) is 28.1 Å². The lowest BCUT2D eigenvalue weighted by molar-refractivity contribution is 0.554. The Balaban J connectivity index is 2.08. The van der Waals surface area contributed by atoms with Crippen molar-refractivity contribution in [1.82, 2.24) is 14.5 Å². The molecule has 0 saturated heterocycles. The average molecular weight is 321 g/mol. The molecule has 0 unspecified atom stereocenters. The highest BCUT2D eigenvalue weighted by Crippen LogP contribution is 2.16. The minimum Gasteiger partial charge on any atom is -0.268 e. The van der Waals surface area contributed by atoms with E-state index in [0.717, 1.165) is 28.1 Å². The fourth-order valence-corrected chi connectivity index (χ4v) is 3.71. The summed E-state index contributed by atoms with van der Waals surface area (Å²) in [5, 5.41) is 4.41. The molecule has 0 spiro atoms. The standard InChI is InChI=1S/C16H23N3O2S/c1-11-6-7-16(12(2)10-11)22(20,21)17-8-9-19-15(5)13(3)14(4)18-19/h6-7,10,17H,8-9H2,1-5H3. The summed E-state index contributed by atoms with van der Waals surface area (Å²) in [5.74, 6) is 0. The second kappa shape index (κ2) is 6.22. The van der Waals surface area contributed by atoms with Crippen molar-refractivity contribution >= 4 is 10.0 Å². The zero-order valence-electron chi connectivity index (χ0n) is 13.8. The van der Waals surface area contributed by atoms with E-state index in [1.54, 1.807) is 6.07 Å². The largest absolute Gasteiger partial charge is 0.268 e. The molecule has 0 amide bonds. The van der Waals surface area contributed by atoms with Gasteiger partial charge in [0.05, 0.1) is 17.1 Å². The van der Waals surface area contributed by atoms with Gasteiger partial charge in [0.1, 0.15) is 0 Å². The van der Waals surface area contributed by atoms with Crippen LogP contribution in [0.15, 0.2) is 23.1 Å². The third-order valence-corrected chi connectivity index (χ3v) is 5.60. The minimum absolute atomic E-state index is 0.317. The molecule has 1 aromatic carbocycles.